The second-order valence-corrected chi connectivity index (χ2v) is 5.86. The van der Waals surface area contributed by atoms with Crippen LogP contribution in [0, 0.1) is 0 Å². The Balaban J connectivity index is 2.65. The van der Waals surface area contributed by atoms with E-state index in [1.54, 1.807) is 0 Å². The second kappa shape index (κ2) is 6.91. The quantitative estimate of drug-likeness (QED) is 0.843. The lowest BCUT2D eigenvalue weighted by Gasteiger charge is -2.24. The van der Waals surface area contributed by atoms with Crippen molar-refractivity contribution in [2.24, 2.45) is 5.73 Å². The Bertz CT molecular complexity index is 447. The summed E-state index contributed by atoms with van der Waals surface area (Å²) in [6.07, 6.45) is 0.863. The molecule has 0 unspecified atom stereocenters. The maximum Gasteiger partial charge on any atom is 0.258 e. The van der Waals surface area contributed by atoms with Crippen LogP contribution < -0.4 is 15.8 Å². The first-order chi connectivity index (χ1) is 8.89. The fourth-order valence-corrected chi connectivity index (χ4v) is 2.04. The molecular weight excluding hydrogens is 308 g/mol. The molecule has 0 aliphatic heterocycles. The van der Waals surface area contributed by atoms with Crippen molar-refractivity contribution in [2.75, 3.05) is 6.61 Å². The van der Waals surface area contributed by atoms with Crippen molar-refractivity contribution in [1.29, 1.82) is 0 Å². The van der Waals surface area contributed by atoms with E-state index in [0.717, 1.165) is 16.5 Å². The minimum Gasteiger partial charge on any atom is -0.482 e. The predicted octanol–water partition coefficient (Wildman–Crippen LogP) is 2.59. The van der Waals surface area contributed by atoms with Crippen LogP contribution in [-0.2, 0) is 11.3 Å². The Hall–Kier alpha value is -1.07. The molecule has 0 radical (unpaired) electrons. The number of carbonyl (C=O) groups excluding carboxylic acids is 1. The minimum absolute atomic E-state index is 0.0148. The van der Waals surface area contributed by atoms with Gasteiger partial charge in [0, 0.05) is 17.6 Å². The number of rotatable bonds is 6. The van der Waals surface area contributed by atoms with Crippen LogP contribution in [0.4, 0.5) is 0 Å². The van der Waals surface area contributed by atoms with Gasteiger partial charge < -0.3 is 15.8 Å². The van der Waals surface area contributed by atoms with Gasteiger partial charge in [0.1, 0.15) is 5.75 Å². The third kappa shape index (κ3) is 4.84. The fourth-order valence-electron chi connectivity index (χ4n) is 1.52. The van der Waals surface area contributed by atoms with Crippen LogP contribution >= 0.6 is 15.9 Å². The molecule has 0 heterocycles. The van der Waals surface area contributed by atoms with Gasteiger partial charge in [-0.2, -0.15) is 0 Å². The molecule has 0 saturated carbocycles. The highest BCUT2D eigenvalue weighted by Gasteiger charge is 2.18. The lowest BCUT2D eigenvalue weighted by atomic mass is 10.0. The molecule has 1 aromatic rings. The van der Waals surface area contributed by atoms with Crippen molar-refractivity contribution in [3.8, 4) is 5.75 Å². The molecule has 1 amide bonds. The lowest BCUT2D eigenvalue weighted by Crippen LogP contribution is -2.45. The van der Waals surface area contributed by atoms with Crippen LogP contribution in [0.15, 0.2) is 22.7 Å². The van der Waals surface area contributed by atoms with Crippen molar-refractivity contribution in [1.82, 2.24) is 5.32 Å². The van der Waals surface area contributed by atoms with Gasteiger partial charge in [-0.1, -0.05) is 19.1 Å². The van der Waals surface area contributed by atoms with Gasteiger partial charge in [-0.15, -0.1) is 0 Å². The predicted molar refractivity (Wildman–Crippen MR) is 80.0 cm³/mol. The molecule has 0 aliphatic rings. The molecule has 3 N–H and O–H groups in total. The molecule has 1 rings (SSSR count). The van der Waals surface area contributed by atoms with E-state index in [4.69, 9.17) is 10.5 Å². The van der Waals surface area contributed by atoms with Crippen molar-refractivity contribution in [3.63, 3.8) is 0 Å². The van der Waals surface area contributed by atoms with E-state index in [1.165, 1.54) is 0 Å². The maximum atomic E-state index is 11.8. The standard InChI is InChI=1S/C14H21BrN2O2/c1-4-14(2,3)17-12(18)9-19-13-10(8-16)6-5-7-11(13)15/h5-7H,4,8-9,16H2,1-3H3,(H,17,18). The molecule has 0 aliphatic carbocycles. The molecular formula is C14H21BrN2O2. The first-order valence-electron chi connectivity index (χ1n) is 6.31. The van der Waals surface area contributed by atoms with Crippen LogP contribution in [0.3, 0.4) is 0 Å². The van der Waals surface area contributed by atoms with Crippen LogP contribution in [-0.4, -0.2) is 18.1 Å². The minimum atomic E-state index is -0.217. The van der Waals surface area contributed by atoms with Crippen molar-refractivity contribution in [3.05, 3.63) is 28.2 Å². The summed E-state index contributed by atoms with van der Waals surface area (Å²) in [6.45, 7) is 6.35. The number of halogens is 1. The third-order valence-electron chi connectivity index (χ3n) is 2.98. The number of ether oxygens (including phenoxy) is 1. The van der Waals surface area contributed by atoms with Crippen molar-refractivity contribution >= 4 is 21.8 Å². The molecule has 19 heavy (non-hydrogen) atoms. The number of amides is 1. The van der Waals surface area contributed by atoms with Gasteiger partial charge >= 0.3 is 0 Å². The second-order valence-electron chi connectivity index (χ2n) is 5.01. The molecule has 5 heteroatoms. The topological polar surface area (TPSA) is 64.3 Å². The van der Waals surface area contributed by atoms with Gasteiger partial charge in [0.15, 0.2) is 6.61 Å². The summed E-state index contributed by atoms with van der Waals surface area (Å²) in [5.74, 6) is 0.500. The van der Waals surface area contributed by atoms with Crippen LogP contribution in [0.25, 0.3) is 0 Å². The SMILES string of the molecule is CCC(C)(C)NC(=O)COc1c(Br)cccc1CN. The average Bonchev–Trinajstić information content (AvgIpc) is 2.36. The van der Waals surface area contributed by atoms with Crippen molar-refractivity contribution < 1.29 is 9.53 Å². The summed E-state index contributed by atoms with van der Waals surface area (Å²) >= 11 is 3.40. The summed E-state index contributed by atoms with van der Waals surface area (Å²) in [5.41, 5.74) is 6.30. The highest BCUT2D eigenvalue weighted by molar-refractivity contribution is 9.10. The number of hydrogen-bond acceptors (Lipinski definition) is 3. The van der Waals surface area contributed by atoms with Gasteiger partial charge in [0.25, 0.3) is 5.91 Å². The molecule has 0 spiro atoms. The van der Waals surface area contributed by atoms with Crippen molar-refractivity contribution in [2.45, 2.75) is 39.3 Å². The van der Waals surface area contributed by atoms with E-state index in [0.29, 0.717) is 12.3 Å². The molecule has 0 saturated heterocycles. The molecule has 0 bridgehead atoms. The molecule has 0 aromatic heterocycles. The molecule has 1 aromatic carbocycles. The summed E-state index contributed by atoms with van der Waals surface area (Å²) in [7, 11) is 0. The zero-order valence-corrected chi connectivity index (χ0v) is 13.2. The molecule has 0 atom stereocenters. The highest BCUT2D eigenvalue weighted by atomic mass is 79.9. The smallest absolute Gasteiger partial charge is 0.258 e. The fraction of sp³-hybridized carbons (Fsp3) is 0.500. The maximum absolute atomic E-state index is 11.8. The van der Waals surface area contributed by atoms with Gasteiger partial charge in [0.2, 0.25) is 0 Å². The lowest BCUT2D eigenvalue weighted by molar-refractivity contribution is -0.124. The zero-order valence-electron chi connectivity index (χ0n) is 11.6. The Morgan fingerprint density at radius 2 is 2.16 bits per heavy atom. The highest BCUT2D eigenvalue weighted by Crippen LogP contribution is 2.28. The van der Waals surface area contributed by atoms with Gasteiger partial charge in [-0.05, 0) is 42.3 Å². The van der Waals surface area contributed by atoms with Gasteiger partial charge in [-0.25, -0.2) is 0 Å². The first-order valence-corrected chi connectivity index (χ1v) is 7.10. The van der Waals surface area contributed by atoms with Crippen LogP contribution in [0.2, 0.25) is 0 Å². The Morgan fingerprint density at radius 1 is 1.47 bits per heavy atom. The monoisotopic (exact) mass is 328 g/mol. The molecule has 0 fully saturated rings. The van der Waals surface area contributed by atoms with E-state index in [2.05, 4.69) is 21.2 Å². The van der Waals surface area contributed by atoms with Crippen LogP contribution in [0.5, 0.6) is 5.75 Å². The summed E-state index contributed by atoms with van der Waals surface area (Å²) in [5, 5.41) is 2.92. The number of benzene rings is 1. The Morgan fingerprint density at radius 3 is 2.74 bits per heavy atom. The summed E-state index contributed by atoms with van der Waals surface area (Å²) < 4.78 is 6.38. The third-order valence-corrected chi connectivity index (χ3v) is 3.60. The largest absolute Gasteiger partial charge is 0.482 e. The molecule has 4 nitrogen and oxygen atoms in total. The number of nitrogens with two attached hydrogens (primary N) is 1. The Labute approximate surface area is 122 Å². The van der Waals surface area contributed by atoms with E-state index >= 15 is 0 Å². The normalized spacial score (nSPS) is 11.2. The first kappa shape index (κ1) is 16.0. The number of nitrogens with one attached hydrogen (secondary N) is 1. The van der Waals surface area contributed by atoms with E-state index in [1.807, 2.05) is 39.0 Å². The van der Waals surface area contributed by atoms with Gasteiger partial charge in [0.05, 0.1) is 4.47 Å². The number of hydrogen-bond donors (Lipinski definition) is 2. The van der Waals surface area contributed by atoms with E-state index in [9.17, 15) is 4.79 Å². The summed E-state index contributed by atoms with van der Waals surface area (Å²) in [6, 6.07) is 5.63. The molecule has 106 valence electrons. The average molecular weight is 329 g/mol. The Kier molecular flexibility index (Phi) is 5.82. The van der Waals surface area contributed by atoms with E-state index < -0.39 is 0 Å². The van der Waals surface area contributed by atoms with Crippen LogP contribution in [0.1, 0.15) is 32.8 Å². The number of carbonyl (C=O) groups is 1. The number of para-hydroxylation sites is 1. The van der Waals surface area contributed by atoms with Gasteiger partial charge in [-0.3, -0.25) is 4.79 Å². The van der Waals surface area contributed by atoms with E-state index in [-0.39, 0.29) is 18.1 Å². The summed E-state index contributed by atoms with van der Waals surface area (Å²) in [4.78, 5) is 11.8. The zero-order chi connectivity index (χ0) is 14.5.